The summed E-state index contributed by atoms with van der Waals surface area (Å²) in [5.74, 6) is 1.07. The van der Waals surface area contributed by atoms with Crippen LogP contribution in [0.5, 0.6) is 0 Å². The second-order valence-electron chi connectivity index (χ2n) is 5.56. The quantitative estimate of drug-likeness (QED) is 0.941. The maximum absolute atomic E-state index is 12.3. The third-order valence-electron chi connectivity index (χ3n) is 3.83. The van der Waals surface area contributed by atoms with E-state index in [1.807, 2.05) is 25.3 Å². The minimum atomic E-state index is 0.0448. The van der Waals surface area contributed by atoms with Gasteiger partial charge in [-0.2, -0.15) is 0 Å². The van der Waals surface area contributed by atoms with Crippen LogP contribution in [-0.4, -0.2) is 33.9 Å². The first-order valence-corrected chi connectivity index (χ1v) is 8.26. The number of thiazole rings is 1. The van der Waals surface area contributed by atoms with Crippen molar-refractivity contribution in [3.63, 3.8) is 0 Å². The van der Waals surface area contributed by atoms with Crippen LogP contribution in [0.4, 0.5) is 10.9 Å². The molecule has 6 nitrogen and oxygen atoms in total. The Labute approximate surface area is 133 Å². The molecule has 116 valence electrons. The van der Waals surface area contributed by atoms with Crippen molar-refractivity contribution >= 4 is 28.2 Å². The van der Waals surface area contributed by atoms with Crippen LogP contribution in [0, 0.1) is 19.8 Å². The normalized spacial score (nSPS) is 15.8. The predicted molar refractivity (Wildman–Crippen MR) is 87.2 cm³/mol. The fourth-order valence-electron chi connectivity index (χ4n) is 2.60. The number of anilines is 2. The molecule has 3 heterocycles. The summed E-state index contributed by atoms with van der Waals surface area (Å²) in [6, 6.07) is 1.98. The van der Waals surface area contributed by atoms with Crippen LogP contribution < -0.4 is 10.2 Å². The van der Waals surface area contributed by atoms with Crippen molar-refractivity contribution in [1.82, 2.24) is 15.0 Å². The molecule has 1 saturated heterocycles. The highest BCUT2D eigenvalue weighted by Crippen LogP contribution is 2.24. The van der Waals surface area contributed by atoms with Crippen molar-refractivity contribution in [2.45, 2.75) is 26.7 Å². The molecule has 0 unspecified atom stereocenters. The topological polar surface area (TPSA) is 71.0 Å². The van der Waals surface area contributed by atoms with Gasteiger partial charge in [-0.25, -0.2) is 15.0 Å². The predicted octanol–water partition coefficient (Wildman–Crippen LogP) is 2.41. The second-order valence-corrected chi connectivity index (χ2v) is 6.42. The van der Waals surface area contributed by atoms with E-state index in [9.17, 15) is 4.79 Å². The van der Waals surface area contributed by atoms with Crippen LogP contribution in [0.25, 0.3) is 0 Å². The van der Waals surface area contributed by atoms with E-state index in [0.29, 0.717) is 5.13 Å². The molecule has 0 saturated carbocycles. The molecule has 0 atom stereocenters. The van der Waals surface area contributed by atoms with Crippen molar-refractivity contribution in [2.24, 2.45) is 5.92 Å². The molecule has 2 aromatic rings. The molecule has 7 heteroatoms. The van der Waals surface area contributed by atoms with Gasteiger partial charge >= 0.3 is 0 Å². The van der Waals surface area contributed by atoms with Crippen LogP contribution in [0.2, 0.25) is 0 Å². The van der Waals surface area contributed by atoms with Crippen LogP contribution >= 0.6 is 11.3 Å². The smallest absolute Gasteiger partial charge is 0.229 e. The minimum Gasteiger partial charge on any atom is -0.356 e. The molecule has 0 radical (unpaired) electrons. The van der Waals surface area contributed by atoms with Gasteiger partial charge in [-0.05, 0) is 26.7 Å². The van der Waals surface area contributed by atoms with Crippen molar-refractivity contribution < 1.29 is 4.79 Å². The first kappa shape index (κ1) is 14.9. The van der Waals surface area contributed by atoms with E-state index in [1.54, 1.807) is 6.33 Å². The number of nitrogens with zero attached hydrogens (tertiary/aromatic N) is 4. The number of piperidine rings is 1. The van der Waals surface area contributed by atoms with Gasteiger partial charge in [0.2, 0.25) is 5.91 Å². The lowest BCUT2D eigenvalue weighted by Crippen LogP contribution is -2.38. The van der Waals surface area contributed by atoms with E-state index in [4.69, 9.17) is 0 Å². The molecule has 1 fully saturated rings. The SMILES string of the molecule is Cc1cc(N2CCC(C(=O)Nc3nc(C)cs3)CC2)ncn1. The molecular weight excluding hydrogens is 298 g/mol. The number of rotatable bonds is 3. The molecule has 22 heavy (non-hydrogen) atoms. The van der Waals surface area contributed by atoms with Crippen LogP contribution in [0.15, 0.2) is 17.8 Å². The van der Waals surface area contributed by atoms with Gasteiger partial charge in [-0.15, -0.1) is 11.3 Å². The third kappa shape index (κ3) is 3.41. The Morgan fingerprint density at radius 3 is 2.68 bits per heavy atom. The number of carbonyl (C=O) groups excluding carboxylic acids is 1. The van der Waals surface area contributed by atoms with Gasteiger partial charge in [0.15, 0.2) is 5.13 Å². The maximum atomic E-state index is 12.3. The summed E-state index contributed by atoms with van der Waals surface area (Å²) >= 11 is 1.47. The zero-order valence-electron chi connectivity index (χ0n) is 12.7. The second kappa shape index (κ2) is 6.39. The summed E-state index contributed by atoms with van der Waals surface area (Å²) in [7, 11) is 0. The van der Waals surface area contributed by atoms with E-state index >= 15 is 0 Å². The maximum Gasteiger partial charge on any atom is 0.229 e. The Morgan fingerprint density at radius 1 is 1.27 bits per heavy atom. The van der Waals surface area contributed by atoms with Crippen LogP contribution in [0.1, 0.15) is 24.2 Å². The summed E-state index contributed by atoms with van der Waals surface area (Å²) in [4.78, 5) is 27.2. The average Bonchev–Trinajstić information content (AvgIpc) is 2.92. The van der Waals surface area contributed by atoms with Gasteiger partial charge in [0.05, 0.1) is 5.69 Å². The number of aromatic nitrogens is 3. The van der Waals surface area contributed by atoms with E-state index in [-0.39, 0.29) is 11.8 Å². The Balaban J connectivity index is 1.56. The molecule has 0 aromatic carbocycles. The van der Waals surface area contributed by atoms with E-state index in [1.165, 1.54) is 11.3 Å². The van der Waals surface area contributed by atoms with Crippen LogP contribution in [-0.2, 0) is 4.79 Å². The highest BCUT2D eigenvalue weighted by molar-refractivity contribution is 7.13. The Morgan fingerprint density at radius 2 is 2.05 bits per heavy atom. The molecular formula is C15H19N5OS. The van der Waals surface area contributed by atoms with Gasteiger partial charge in [0.1, 0.15) is 12.1 Å². The van der Waals surface area contributed by atoms with Crippen molar-refractivity contribution in [3.05, 3.63) is 29.2 Å². The van der Waals surface area contributed by atoms with E-state index in [2.05, 4.69) is 25.2 Å². The molecule has 2 aromatic heterocycles. The Bertz CT molecular complexity index is 663. The van der Waals surface area contributed by atoms with Gasteiger partial charge in [0, 0.05) is 36.1 Å². The largest absolute Gasteiger partial charge is 0.356 e. The monoisotopic (exact) mass is 317 g/mol. The van der Waals surface area contributed by atoms with E-state index in [0.717, 1.165) is 43.1 Å². The zero-order chi connectivity index (χ0) is 15.5. The summed E-state index contributed by atoms with van der Waals surface area (Å²) in [6.07, 6.45) is 3.26. The standard InChI is InChI=1S/C15H19N5OS/c1-10-7-13(17-9-16-10)20-5-3-12(4-6-20)14(21)19-15-18-11(2)8-22-15/h7-9,12H,3-6H2,1-2H3,(H,18,19,21). The summed E-state index contributed by atoms with van der Waals surface area (Å²) in [5, 5.41) is 5.55. The lowest BCUT2D eigenvalue weighted by molar-refractivity contribution is -0.120. The lowest BCUT2D eigenvalue weighted by atomic mass is 9.96. The summed E-state index contributed by atoms with van der Waals surface area (Å²) < 4.78 is 0. The number of amides is 1. The molecule has 0 spiro atoms. The van der Waals surface area contributed by atoms with E-state index < -0.39 is 0 Å². The number of carbonyl (C=O) groups is 1. The highest BCUT2D eigenvalue weighted by atomic mass is 32.1. The molecule has 3 rings (SSSR count). The number of hydrogen-bond acceptors (Lipinski definition) is 6. The molecule has 0 aliphatic carbocycles. The highest BCUT2D eigenvalue weighted by Gasteiger charge is 2.26. The van der Waals surface area contributed by atoms with Crippen molar-refractivity contribution in [1.29, 1.82) is 0 Å². The number of nitrogens with one attached hydrogen (secondary N) is 1. The number of hydrogen-bond donors (Lipinski definition) is 1. The molecule has 0 bridgehead atoms. The molecule has 1 aliphatic heterocycles. The van der Waals surface area contributed by atoms with Crippen molar-refractivity contribution in [2.75, 3.05) is 23.3 Å². The van der Waals surface area contributed by atoms with Crippen LogP contribution in [0.3, 0.4) is 0 Å². The number of aryl methyl sites for hydroxylation is 2. The fourth-order valence-corrected chi connectivity index (χ4v) is 3.29. The Kier molecular flexibility index (Phi) is 4.33. The first-order valence-electron chi connectivity index (χ1n) is 7.38. The lowest BCUT2D eigenvalue weighted by Gasteiger charge is -2.32. The minimum absolute atomic E-state index is 0.0448. The Hall–Kier alpha value is -2.02. The van der Waals surface area contributed by atoms with Gasteiger partial charge in [-0.3, -0.25) is 4.79 Å². The van der Waals surface area contributed by atoms with Crippen molar-refractivity contribution in [3.8, 4) is 0 Å². The summed E-state index contributed by atoms with van der Waals surface area (Å²) in [6.45, 7) is 5.56. The first-order chi connectivity index (χ1) is 10.6. The molecule has 1 amide bonds. The fraction of sp³-hybridized carbons (Fsp3) is 0.467. The zero-order valence-corrected chi connectivity index (χ0v) is 13.6. The average molecular weight is 317 g/mol. The van der Waals surface area contributed by atoms with Gasteiger partial charge in [-0.1, -0.05) is 0 Å². The van der Waals surface area contributed by atoms with Gasteiger partial charge in [0.25, 0.3) is 0 Å². The third-order valence-corrected chi connectivity index (χ3v) is 4.70. The molecule has 1 aliphatic rings. The molecule has 1 N–H and O–H groups in total. The summed E-state index contributed by atoms with van der Waals surface area (Å²) in [5.41, 5.74) is 1.90. The van der Waals surface area contributed by atoms with Gasteiger partial charge < -0.3 is 10.2 Å².